The summed E-state index contributed by atoms with van der Waals surface area (Å²) in [6.45, 7) is 0. The van der Waals surface area contributed by atoms with Crippen molar-refractivity contribution in [3.8, 4) is 0 Å². The minimum atomic E-state index is 0.805. The fourth-order valence-corrected chi connectivity index (χ4v) is 1.79. The van der Waals surface area contributed by atoms with Crippen LogP contribution < -0.4 is 0 Å². The average molecular weight is 198 g/mol. The van der Waals surface area contributed by atoms with Gasteiger partial charge in [0.1, 0.15) is 11.0 Å². The van der Waals surface area contributed by atoms with Crippen LogP contribution in [0.15, 0.2) is 41.1 Å². The normalized spacial score (nSPS) is 15.6. The minimum absolute atomic E-state index is 0.805. The van der Waals surface area contributed by atoms with E-state index in [9.17, 15) is 0 Å². The van der Waals surface area contributed by atoms with Gasteiger partial charge < -0.3 is 0 Å². The molecule has 0 saturated heterocycles. The van der Waals surface area contributed by atoms with Crippen LogP contribution in [0.5, 0.6) is 0 Å². The summed E-state index contributed by atoms with van der Waals surface area (Å²) in [6.07, 6.45) is 8.84. The standard InChI is InChI=1S/C12H10N2O/c1-2-4-9(5-3-1)10-6-7-11-12(8-10)14-15-13-11/h2,4-8H,1,3H2. The van der Waals surface area contributed by atoms with Crippen LogP contribution in [0.4, 0.5) is 0 Å². The maximum atomic E-state index is 4.67. The molecule has 0 atom stereocenters. The fraction of sp³-hybridized carbons (Fsp3) is 0.167. The lowest BCUT2D eigenvalue weighted by atomic mass is 9.99. The molecule has 0 fully saturated rings. The molecule has 1 aromatic heterocycles. The van der Waals surface area contributed by atoms with Crippen molar-refractivity contribution >= 4 is 16.6 Å². The molecule has 1 heterocycles. The van der Waals surface area contributed by atoms with Gasteiger partial charge in [0.05, 0.1) is 0 Å². The molecule has 1 aliphatic rings. The third-order valence-corrected chi connectivity index (χ3v) is 2.58. The van der Waals surface area contributed by atoms with Gasteiger partial charge in [-0.25, -0.2) is 4.63 Å². The second-order valence-corrected chi connectivity index (χ2v) is 3.61. The first-order valence-corrected chi connectivity index (χ1v) is 5.03. The van der Waals surface area contributed by atoms with Gasteiger partial charge in [-0.1, -0.05) is 24.3 Å². The van der Waals surface area contributed by atoms with Gasteiger partial charge in [0.15, 0.2) is 0 Å². The molecule has 0 aliphatic heterocycles. The molecule has 3 rings (SSSR count). The van der Waals surface area contributed by atoms with Crippen LogP contribution in [0.3, 0.4) is 0 Å². The minimum Gasteiger partial charge on any atom is -0.243 e. The molecule has 15 heavy (non-hydrogen) atoms. The first kappa shape index (κ1) is 8.41. The molecular weight excluding hydrogens is 188 g/mol. The maximum Gasteiger partial charge on any atom is 0.135 e. The highest BCUT2D eigenvalue weighted by molar-refractivity contribution is 5.82. The Hall–Kier alpha value is -1.90. The van der Waals surface area contributed by atoms with E-state index in [0.717, 1.165) is 23.9 Å². The zero-order valence-corrected chi connectivity index (χ0v) is 8.18. The largest absolute Gasteiger partial charge is 0.243 e. The Bertz CT molecular complexity index is 552. The van der Waals surface area contributed by atoms with Crippen LogP contribution >= 0.6 is 0 Å². The van der Waals surface area contributed by atoms with E-state index in [1.54, 1.807) is 0 Å². The average Bonchev–Trinajstić information content (AvgIpc) is 2.77. The van der Waals surface area contributed by atoms with E-state index in [-0.39, 0.29) is 0 Å². The lowest BCUT2D eigenvalue weighted by Gasteiger charge is -2.06. The summed E-state index contributed by atoms with van der Waals surface area (Å²) in [6, 6.07) is 5.99. The quantitative estimate of drug-likeness (QED) is 0.707. The van der Waals surface area contributed by atoms with Crippen molar-refractivity contribution in [3.05, 3.63) is 42.0 Å². The predicted molar refractivity (Wildman–Crippen MR) is 58.2 cm³/mol. The van der Waals surface area contributed by atoms with E-state index in [0.29, 0.717) is 0 Å². The highest BCUT2D eigenvalue weighted by Crippen LogP contribution is 2.23. The van der Waals surface area contributed by atoms with Gasteiger partial charge in [-0.05, 0) is 46.4 Å². The lowest BCUT2D eigenvalue weighted by molar-refractivity contribution is 0.315. The molecule has 0 spiro atoms. The topological polar surface area (TPSA) is 38.9 Å². The Morgan fingerprint density at radius 3 is 2.87 bits per heavy atom. The Morgan fingerprint density at radius 1 is 1.07 bits per heavy atom. The number of hydrogen-bond acceptors (Lipinski definition) is 3. The molecule has 2 aromatic rings. The summed E-state index contributed by atoms with van der Waals surface area (Å²) in [5.41, 5.74) is 4.05. The number of aromatic nitrogens is 2. The number of rotatable bonds is 1. The predicted octanol–water partition coefficient (Wildman–Crippen LogP) is 2.96. The molecular formula is C12H10N2O. The summed E-state index contributed by atoms with van der Waals surface area (Å²) in [4.78, 5) is 0. The zero-order valence-electron chi connectivity index (χ0n) is 8.18. The van der Waals surface area contributed by atoms with Crippen LogP contribution in [0.1, 0.15) is 18.4 Å². The fourth-order valence-electron chi connectivity index (χ4n) is 1.79. The lowest BCUT2D eigenvalue weighted by Crippen LogP contribution is -1.85. The van der Waals surface area contributed by atoms with Gasteiger partial charge >= 0.3 is 0 Å². The number of nitrogens with zero attached hydrogens (tertiary/aromatic N) is 2. The highest BCUT2D eigenvalue weighted by atomic mass is 16.6. The number of benzene rings is 1. The Morgan fingerprint density at radius 2 is 2.00 bits per heavy atom. The summed E-state index contributed by atoms with van der Waals surface area (Å²) in [5, 5.41) is 7.62. The summed E-state index contributed by atoms with van der Waals surface area (Å²) >= 11 is 0. The van der Waals surface area contributed by atoms with Crippen LogP contribution in [-0.4, -0.2) is 10.3 Å². The number of allylic oxidation sites excluding steroid dienone is 4. The van der Waals surface area contributed by atoms with E-state index in [4.69, 9.17) is 0 Å². The van der Waals surface area contributed by atoms with Gasteiger partial charge in [-0.15, -0.1) is 0 Å². The molecule has 0 N–H and O–H groups in total. The monoisotopic (exact) mass is 198 g/mol. The number of hydrogen-bond donors (Lipinski definition) is 0. The molecule has 3 nitrogen and oxygen atoms in total. The van der Waals surface area contributed by atoms with Gasteiger partial charge in [-0.2, -0.15) is 0 Å². The van der Waals surface area contributed by atoms with Crippen molar-refractivity contribution in [1.29, 1.82) is 0 Å². The molecule has 0 bridgehead atoms. The van der Waals surface area contributed by atoms with Crippen molar-refractivity contribution < 1.29 is 4.63 Å². The summed E-state index contributed by atoms with van der Waals surface area (Å²) in [7, 11) is 0. The Balaban J connectivity index is 2.10. The Labute approximate surface area is 87.1 Å². The molecule has 0 saturated carbocycles. The van der Waals surface area contributed by atoms with Gasteiger partial charge in [0, 0.05) is 0 Å². The van der Waals surface area contributed by atoms with Crippen LogP contribution in [0, 0.1) is 0 Å². The van der Waals surface area contributed by atoms with E-state index in [1.165, 1.54) is 11.1 Å². The van der Waals surface area contributed by atoms with Crippen LogP contribution in [0.2, 0.25) is 0 Å². The molecule has 1 aliphatic carbocycles. The zero-order chi connectivity index (χ0) is 10.1. The second-order valence-electron chi connectivity index (χ2n) is 3.61. The third-order valence-electron chi connectivity index (χ3n) is 2.58. The van der Waals surface area contributed by atoms with Crippen molar-refractivity contribution in [2.24, 2.45) is 0 Å². The van der Waals surface area contributed by atoms with Crippen molar-refractivity contribution in [2.45, 2.75) is 12.8 Å². The van der Waals surface area contributed by atoms with E-state index >= 15 is 0 Å². The first-order valence-electron chi connectivity index (χ1n) is 5.03. The first-order chi connectivity index (χ1) is 7.43. The summed E-state index contributed by atoms with van der Waals surface area (Å²) < 4.78 is 4.67. The van der Waals surface area contributed by atoms with Crippen LogP contribution in [-0.2, 0) is 0 Å². The molecule has 74 valence electrons. The van der Waals surface area contributed by atoms with Gasteiger partial charge in [-0.3, -0.25) is 0 Å². The third kappa shape index (κ3) is 1.46. The van der Waals surface area contributed by atoms with E-state index in [1.807, 2.05) is 18.2 Å². The number of fused-ring (bicyclic) bond motifs is 1. The SMILES string of the molecule is C1=CC(c2ccc3nonc3c2)=CCC1. The van der Waals surface area contributed by atoms with E-state index < -0.39 is 0 Å². The molecule has 0 amide bonds. The molecule has 0 radical (unpaired) electrons. The van der Waals surface area contributed by atoms with Crippen molar-refractivity contribution in [3.63, 3.8) is 0 Å². The Kier molecular flexibility index (Phi) is 1.88. The van der Waals surface area contributed by atoms with Gasteiger partial charge in [0.25, 0.3) is 0 Å². The van der Waals surface area contributed by atoms with Gasteiger partial charge in [0.2, 0.25) is 0 Å². The molecule has 0 unspecified atom stereocenters. The summed E-state index contributed by atoms with van der Waals surface area (Å²) in [5.74, 6) is 0. The molecule has 3 heteroatoms. The maximum absolute atomic E-state index is 4.67. The molecule has 1 aromatic carbocycles. The second kappa shape index (κ2) is 3.35. The smallest absolute Gasteiger partial charge is 0.135 e. The van der Waals surface area contributed by atoms with Crippen molar-refractivity contribution in [2.75, 3.05) is 0 Å². The highest BCUT2D eigenvalue weighted by Gasteiger charge is 2.05. The van der Waals surface area contributed by atoms with E-state index in [2.05, 4.69) is 33.2 Å². The van der Waals surface area contributed by atoms with Crippen LogP contribution in [0.25, 0.3) is 16.6 Å². The van der Waals surface area contributed by atoms with Crippen molar-refractivity contribution in [1.82, 2.24) is 10.3 Å².